The van der Waals surface area contributed by atoms with Crippen LogP contribution in [0.25, 0.3) is 21.9 Å². The van der Waals surface area contributed by atoms with E-state index in [9.17, 15) is 4.79 Å². The van der Waals surface area contributed by atoms with Gasteiger partial charge < -0.3 is 18.9 Å². The van der Waals surface area contributed by atoms with Crippen molar-refractivity contribution in [3.63, 3.8) is 0 Å². The SMILES string of the molecule is COc1ccc2nc(NC(=O)CSc3nnc(-c4ccco4)o3)sc2c1. The number of rotatable bonds is 6. The maximum atomic E-state index is 12.1. The van der Waals surface area contributed by atoms with Crippen LogP contribution in [0.2, 0.25) is 0 Å². The fraction of sp³-hybridized carbons (Fsp3) is 0.125. The van der Waals surface area contributed by atoms with Crippen LogP contribution < -0.4 is 10.1 Å². The van der Waals surface area contributed by atoms with Crippen LogP contribution in [0.1, 0.15) is 0 Å². The summed E-state index contributed by atoms with van der Waals surface area (Å²) in [5.41, 5.74) is 0.804. The summed E-state index contributed by atoms with van der Waals surface area (Å²) in [4.78, 5) is 16.5. The Hall–Kier alpha value is -2.85. The molecule has 0 saturated heterocycles. The van der Waals surface area contributed by atoms with Crippen LogP contribution in [0.4, 0.5) is 5.13 Å². The molecule has 3 aromatic heterocycles. The summed E-state index contributed by atoms with van der Waals surface area (Å²) in [6, 6.07) is 9.01. The number of fused-ring (bicyclic) bond motifs is 1. The van der Waals surface area contributed by atoms with Crippen LogP contribution in [-0.2, 0) is 4.79 Å². The van der Waals surface area contributed by atoms with E-state index >= 15 is 0 Å². The van der Waals surface area contributed by atoms with Crippen molar-refractivity contribution in [2.75, 3.05) is 18.2 Å². The highest BCUT2D eigenvalue weighted by atomic mass is 32.2. The average molecular weight is 388 g/mol. The third kappa shape index (κ3) is 3.55. The lowest BCUT2D eigenvalue weighted by atomic mass is 10.3. The predicted molar refractivity (Wildman–Crippen MR) is 97.5 cm³/mol. The van der Waals surface area contributed by atoms with Gasteiger partial charge in [-0.15, -0.1) is 10.2 Å². The van der Waals surface area contributed by atoms with Crippen molar-refractivity contribution in [3.8, 4) is 17.4 Å². The topological polar surface area (TPSA) is 103 Å². The Bertz CT molecular complexity index is 1040. The van der Waals surface area contributed by atoms with E-state index in [0.29, 0.717) is 16.1 Å². The zero-order chi connectivity index (χ0) is 17.9. The third-order valence-corrected chi connectivity index (χ3v) is 5.06. The summed E-state index contributed by atoms with van der Waals surface area (Å²) in [6.07, 6.45) is 1.52. The fourth-order valence-electron chi connectivity index (χ4n) is 2.14. The molecule has 0 spiro atoms. The molecule has 3 heterocycles. The van der Waals surface area contributed by atoms with Gasteiger partial charge in [0.05, 0.1) is 29.3 Å². The highest BCUT2D eigenvalue weighted by molar-refractivity contribution is 7.99. The zero-order valence-corrected chi connectivity index (χ0v) is 15.1. The van der Waals surface area contributed by atoms with Crippen molar-refractivity contribution in [1.82, 2.24) is 15.2 Å². The molecule has 1 N–H and O–H groups in total. The highest BCUT2D eigenvalue weighted by Gasteiger charge is 2.14. The van der Waals surface area contributed by atoms with Crippen LogP contribution in [-0.4, -0.2) is 34.0 Å². The van der Waals surface area contributed by atoms with Gasteiger partial charge in [0.2, 0.25) is 5.91 Å². The number of anilines is 1. The van der Waals surface area contributed by atoms with E-state index in [0.717, 1.165) is 27.7 Å². The molecule has 132 valence electrons. The molecule has 10 heteroatoms. The number of carbonyl (C=O) groups excluding carboxylic acids is 1. The maximum Gasteiger partial charge on any atom is 0.284 e. The fourth-order valence-corrected chi connectivity index (χ4v) is 3.61. The molecule has 8 nitrogen and oxygen atoms in total. The van der Waals surface area contributed by atoms with Crippen LogP contribution in [0.15, 0.2) is 50.7 Å². The number of hydrogen-bond donors (Lipinski definition) is 1. The van der Waals surface area contributed by atoms with Gasteiger partial charge in [0.1, 0.15) is 5.75 Å². The molecule has 0 unspecified atom stereocenters. The maximum absolute atomic E-state index is 12.1. The molecular weight excluding hydrogens is 376 g/mol. The number of methoxy groups -OCH3 is 1. The van der Waals surface area contributed by atoms with E-state index in [2.05, 4.69) is 20.5 Å². The summed E-state index contributed by atoms with van der Waals surface area (Å²) < 4.78 is 16.7. The Morgan fingerprint density at radius 3 is 3.08 bits per heavy atom. The van der Waals surface area contributed by atoms with Gasteiger partial charge in [-0.1, -0.05) is 23.1 Å². The lowest BCUT2D eigenvalue weighted by Gasteiger charge is -1.98. The summed E-state index contributed by atoms with van der Waals surface area (Å²) in [5, 5.41) is 11.4. The van der Waals surface area contributed by atoms with E-state index < -0.39 is 0 Å². The minimum Gasteiger partial charge on any atom is -0.497 e. The van der Waals surface area contributed by atoms with E-state index in [1.165, 1.54) is 17.6 Å². The molecule has 0 aliphatic carbocycles. The van der Waals surface area contributed by atoms with Gasteiger partial charge in [0, 0.05) is 0 Å². The first-order valence-electron chi connectivity index (χ1n) is 7.46. The lowest BCUT2D eigenvalue weighted by Crippen LogP contribution is -2.13. The van der Waals surface area contributed by atoms with Crippen LogP contribution in [0, 0.1) is 0 Å². The quantitative estimate of drug-likeness (QED) is 0.499. The Balaban J connectivity index is 1.37. The van der Waals surface area contributed by atoms with Gasteiger partial charge in [-0.25, -0.2) is 4.98 Å². The molecule has 26 heavy (non-hydrogen) atoms. The molecule has 1 amide bonds. The normalized spacial score (nSPS) is 11.0. The monoisotopic (exact) mass is 388 g/mol. The number of hydrogen-bond acceptors (Lipinski definition) is 9. The molecule has 1 aromatic carbocycles. The minimum atomic E-state index is -0.209. The van der Waals surface area contributed by atoms with Gasteiger partial charge in [0.25, 0.3) is 11.1 Å². The number of benzene rings is 1. The summed E-state index contributed by atoms with van der Waals surface area (Å²) in [7, 11) is 1.61. The van der Waals surface area contributed by atoms with Gasteiger partial charge in [0.15, 0.2) is 10.9 Å². The van der Waals surface area contributed by atoms with Crippen molar-refractivity contribution in [1.29, 1.82) is 0 Å². The largest absolute Gasteiger partial charge is 0.497 e. The molecule has 0 saturated carbocycles. The second-order valence-corrected chi connectivity index (χ2v) is 7.00. The Morgan fingerprint density at radius 2 is 2.27 bits per heavy atom. The second-order valence-electron chi connectivity index (χ2n) is 5.04. The molecule has 0 radical (unpaired) electrons. The summed E-state index contributed by atoms with van der Waals surface area (Å²) >= 11 is 2.52. The van der Waals surface area contributed by atoms with E-state index in [-0.39, 0.29) is 17.6 Å². The second kappa shape index (κ2) is 7.18. The van der Waals surface area contributed by atoms with Crippen molar-refractivity contribution in [2.24, 2.45) is 0 Å². The standard InChI is InChI=1S/C16H12N4O4S2/c1-22-9-4-5-10-12(7-9)26-15(17-10)18-13(21)8-25-16-20-19-14(24-16)11-3-2-6-23-11/h2-7H,8H2,1H3,(H,17,18,21). The molecule has 0 atom stereocenters. The minimum absolute atomic E-state index is 0.124. The Kier molecular flexibility index (Phi) is 4.59. The van der Waals surface area contributed by atoms with Crippen LogP contribution in [0.5, 0.6) is 5.75 Å². The van der Waals surface area contributed by atoms with Gasteiger partial charge in [-0.05, 0) is 30.3 Å². The van der Waals surface area contributed by atoms with Gasteiger partial charge in [-0.3, -0.25) is 4.79 Å². The van der Waals surface area contributed by atoms with E-state index in [1.54, 1.807) is 19.2 Å². The average Bonchev–Trinajstić information content (AvgIpc) is 3.38. The molecule has 0 fully saturated rings. The number of nitrogens with zero attached hydrogens (tertiary/aromatic N) is 3. The number of aromatic nitrogens is 3. The smallest absolute Gasteiger partial charge is 0.284 e. The highest BCUT2D eigenvalue weighted by Crippen LogP contribution is 2.29. The van der Waals surface area contributed by atoms with Crippen LogP contribution in [0.3, 0.4) is 0 Å². The first-order valence-corrected chi connectivity index (χ1v) is 9.26. The number of nitrogens with one attached hydrogen (secondary N) is 1. The number of furan rings is 1. The number of carbonyl (C=O) groups is 1. The first kappa shape index (κ1) is 16.6. The molecule has 0 aliphatic heterocycles. The molecule has 0 bridgehead atoms. The van der Waals surface area contributed by atoms with Gasteiger partial charge in [-0.2, -0.15) is 0 Å². The lowest BCUT2D eigenvalue weighted by molar-refractivity contribution is -0.113. The van der Waals surface area contributed by atoms with Crippen molar-refractivity contribution >= 4 is 44.4 Å². The Labute approximate surface area is 155 Å². The number of thioether (sulfide) groups is 1. The van der Waals surface area contributed by atoms with Crippen molar-refractivity contribution < 1.29 is 18.4 Å². The van der Waals surface area contributed by atoms with Gasteiger partial charge >= 0.3 is 0 Å². The van der Waals surface area contributed by atoms with E-state index in [1.807, 2.05) is 18.2 Å². The molecule has 4 aromatic rings. The Morgan fingerprint density at radius 1 is 1.35 bits per heavy atom. The van der Waals surface area contributed by atoms with Crippen LogP contribution >= 0.6 is 23.1 Å². The molecule has 0 aliphatic rings. The number of ether oxygens (including phenoxy) is 1. The third-order valence-electron chi connectivity index (χ3n) is 3.31. The molecule has 4 rings (SSSR count). The van der Waals surface area contributed by atoms with Crippen molar-refractivity contribution in [2.45, 2.75) is 5.22 Å². The predicted octanol–water partition coefficient (Wildman–Crippen LogP) is 3.68. The number of thiazole rings is 1. The van der Waals surface area contributed by atoms with Crippen molar-refractivity contribution in [3.05, 3.63) is 36.6 Å². The first-order chi connectivity index (χ1) is 12.7. The summed E-state index contributed by atoms with van der Waals surface area (Å²) in [6.45, 7) is 0. The summed E-state index contributed by atoms with van der Waals surface area (Å²) in [5.74, 6) is 1.42. The van der Waals surface area contributed by atoms with E-state index in [4.69, 9.17) is 13.6 Å². The molecular formula is C16H12N4O4S2. The zero-order valence-electron chi connectivity index (χ0n) is 13.5. The number of amides is 1.